The highest BCUT2D eigenvalue weighted by atomic mass is 32.2. The van der Waals surface area contributed by atoms with Gasteiger partial charge in [0.2, 0.25) is 0 Å². The molecular weight excluding hydrogens is 328 g/mol. The third-order valence-corrected chi connectivity index (χ3v) is 6.24. The number of piperidine rings is 1. The molecule has 2 aliphatic heterocycles. The van der Waals surface area contributed by atoms with Crippen LogP contribution < -0.4 is 4.72 Å². The molecular formula is C17H32N2O4S. The molecule has 2 saturated heterocycles. The standard InChI is InChI=1S/C17H32N2O4S/c1-15(2,3)23-14(20)19-9-7-17(8-10-19)12-22-11-13(17)18-24(21)16(4,5)6/h13,18H,7-12H2,1-6H3/t13?,24-/m1/s1. The van der Waals surface area contributed by atoms with E-state index in [0.717, 1.165) is 12.8 Å². The Labute approximate surface area is 148 Å². The number of ether oxygens (including phenoxy) is 2. The number of likely N-dealkylation sites (tertiary alicyclic amines) is 1. The van der Waals surface area contributed by atoms with Gasteiger partial charge in [0.15, 0.2) is 0 Å². The first-order valence-electron chi connectivity index (χ1n) is 8.67. The Morgan fingerprint density at radius 3 is 2.29 bits per heavy atom. The largest absolute Gasteiger partial charge is 0.444 e. The molecule has 0 aliphatic carbocycles. The van der Waals surface area contributed by atoms with E-state index in [4.69, 9.17) is 9.47 Å². The summed E-state index contributed by atoms with van der Waals surface area (Å²) < 4.78 is 26.6. The van der Waals surface area contributed by atoms with Crippen molar-refractivity contribution in [1.82, 2.24) is 9.62 Å². The molecule has 6 nitrogen and oxygen atoms in total. The van der Waals surface area contributed by atoms with E-state index in [1.807, 2.05) is 41.5 Å². The van der Waals surface area contributed by atoms with Crippen LogP contribution in [0.5, 0.6) is 0 Å². The monoisotopic (exact) mass is 360 g/mol. The molecule has 2 rings (SSSR count). The summed E-state index contributed by atoms with van der Waals surface area (Å²) in [5, 5.41) is 0. The van der Waals surface area contributed by atoms with Gasteiger partial charge in [0.1, 0.15) is 5.60 Å². The first kappa shape index (κ1) is 19.7. The maximum Gasteiger partial charge on any atom is 0.410 e. The number of hydrogen-bond acceptors (Lipinski definition) is 4. The van der Waals surface area contributed by atoms with Gasteiger partial charge in [-0.1, -0.05) is 0 Å². The van der Waals surface area contributed by atoms with E-state index in [1.165, 1.54) is 0 Å². The van der Waals surface area contributed by atoms with Crippen molar-refractivity contribution in [2.24, 2.45) is 5.41 Å². The highest BCUT2D eigenvalue weighted by Gasteiger charge is 2.48. The summed E-state index contributed by atoms with van der Waals surface area (Å²) in [6.07, 6.45) is 1.43. The maximum atomic E-state index is 12.4. The highest BCUT2D eigenvalue weighted by molar-refractivity contribution is 7.84. The van der Waals surface area contributed by atoms with Crippen molar-refractivity contribution in [2.45, 2.75) is 70.8 Å². The van der Waals surface area contributed by atoms with Gasteiger partial charge in [0, 0.05) is 18.5 Å². The zero-order valence-corrected chi connectivity index (χ0v) is 16.6. The maximum absolute atomic E-state index is 12.4. The SMILES string of the molecule is CC(C)(C)OC(=O)N1CCC2(CC1)COCC2N[S@](=O)C(C)(C)C. The van der Waals surface area contributed by atoms with Crippen LogP contribution in [0.25, 0.3) is 0 Å². The lowest BCUT2D eigenvalue weighted by molar-refractivity contribution is 0.00667. The predicted octanol–water partition coefficient (Wildman–Crippen LogP) is 2.45. The van der Waals surface area contributed by atoms with Crippen LogP contribution in [0, 0.1) is 5.41 Å². The van der Waals surface area contributed by atoms with Crippen LogP contribution in [0.2, 0.25) is 0 Å². The lowest BCUT2D eigenvalue weighted by atomic mass is 9.75. The second-order valence-electron chi connectivity index (χ2n) is 8.90. The molecule has 0 radical (unpaired) electrons. The summed E-state index contributed by atoms with van der Waals surface area (Å²) in [7, 11) is -1.12. The van der Waals surface area contributed by atoms with E-state index in [9.17, 15) is 9.00 Å². The molecule has 2 aliphatic rings. The summed E-state index contributed by atoms with van der Waals surface area (Å²) in [4.78, 5) is 14.0. The molecule has 24 heavy (non-hydrogen) atoms. The molecule has 0 aromatic rings. The van der Waals surface area contributed by atoms with Crippen molar-refractivity contribution in [3.63, 3.8) is 0 Å². The van der Waals surface area contributed by atoms with Crippen LogP contribution in [0.3, 0.4) is 0 Å². The minimum Gasteiger partial charge on any atom is -0.444 e. The molecule has 0 aromatic heterocycles. The molecule has 1 amide bonds. The van der Waals surface area contributed by atoms with Crippen molar-refractivity contribution < 1.29 is 18.5 Å². The minimum atomic E-state index is -1.12. The van der Waals surface area contributed by atoms with Gasteiger partial charge < -0.3 is 14.4 Å². The van der Waals surface area contributed by atoms with Crippen molar-refractivity contribution >= 4 is 17.1 Å². The van der Waals surface area contributed by atoms with Crippen molar-refractivity contribution in [2.75, 3.05) is 26.3 Å². The fourth-order valence-electron chi connectivity index (χ4n) is 3.08. The van der Waals surface area contributed by atoms with E-state index >= 15 is 0 Å². The number of carbonyl (C=O) groups excluding carboxylic acids is 1. The summed E-state index contributed by atoms with van der Waals surface area (Å²) in [6, 6.07) is 0.0679. The molecule has 2 atom stereocenters. The normalized spacial score (nSPS) is 25.8. The van der Waals surface area contributed by atoms with Gasteiger partial charge in [-0.2, -0.15) is 0 Å². The van der Waals surface area contributed by atoms with Crippen LogP contribution in [0.15, 0.2) is 0 Å². The fourth-order valence-corrected chi connectivity index (χ4v) is 4.01. The third-order valence-electron chi connectivity index (χ3n) is 4.63. The van der Waals surface area contributed by atoms with E-state index in [1.54, 1.807) is 4.90 Å². The molecule has 140 valence electrons. The molecule has 0 saturated carbocycles. The Morgan fingerprint density at radius 1 is 1.21 bits per heavy atom. The van der Waals surface area contributed by atoms with E-state index in [-0.39, 0.29) is 22.3 Å². The van der Waals surface area contributed by atoms with Crippen molar-refractivity contribution in [1.29, 1.82) is 0 Å². The topological polar surface area (TPSA) is 67.9 Å². The Kier molecular flexibility index (Phi) is 5.67. The van der Waals surface area contributed by atoms with Crippen LogP contribution in [0.4, 0.5) is 4.79 Å². The highest BCUT2D eigenvalue weighted by Crippen LogP contribution is 2.40. The number of rotatable bonds is 2. The van der Waals surface area contributed by atoms with Gasteiger partial charge >= 0.3 is 6.09 Å². The number of nitrogens with zero attached hydrogens (tertiary/aromatic N) is 1. The Morgan fingerprint density at radius 2 is 1.79 bits per heavy atom. The molecule has 1 spiro atoms. The molecule has 0 aromatic carbocycles. The van der Waals surface area contributed by atoms with E-state index < -0.39 is 16.6 Å². The van der Waals surface area contributed by atoms with Crippen LogP contribution >= 0.6 is 0 Å². The van der Waals surface area contributed by atoms with Gasteiger partial charge in [-0.05, 0) is 54.4 Å². The average Bonchev–Trinajstić information content (AvgIpc) is 2.79. The molecule has 2 heterocycles. The second-order valence-corrected chi connectivity index (χ2v) is 10.9. The van der Waals surface area contributed by atoms with Crippen LogP contribution in [-0.2, 0) is 20.5 Å². The summed E-state index contributed by atoms with van der Waals surface area (Å²) in [6.45, 7) is 14.1. The smallest absolute Gasteiger partial charge is 0.410 e. The minimum absolute atomic E-state index is 0.0422. The van der Waals surface area contributed by atoms with Crippen LogP contribution in [0.1, 0.15) is 54.4 Å². The summed E-state index contributed by atoms with van der Waals surface area (Å²) in [5.41, 5.74) is -0.518. The van der Waals surface area contributed by atoms with Crippen LogP contribution in [-0.4, -0.2) is 57.9 Å². The van der Waals surface area contributed by atoms with E-state index in [2.05, 4.69) is 4.72 Å². The number of amides is 1. The second kappa shape index (κ2) is 6.92. The van der Waals surface area contributed by atoms with Crippen molar-refractivity contribution in [3.05, 3.63) is 0 Å². The first-order valence-corrected chi connectivity index (χ1v) is 9.82. The van der Waals surface area contributed by atoms with Crippen molar-refractivity contribution in [3.8, 4) is 0 Å². The quantitative estimate of drug-likeness (QED) is 0.821. The zero-order valence-electron chi connectivity index (χ0n) is 15.8. The van der Waals surface area contributed by atoms with E-state index in [0.29, 0.717) is 26.3 Å². The summed E-state index contributed by atoms with van der Waals surface area (Å²) >= 11 is 0. The predicted molar refractivity (Wildman–Crippen MR) is 95.1 cm³/mol. The Hall–Kier alpha value is -0.660. The zero-order chi connectivity index (χ0) is 18.2. The van der Waals surface area contributed by atoms with Gasteiger partial charge in [0.05, 0.1) is 35.0 Å². The molecule has 2 fully saturated rings. The first-order chi connectivity index (χ1) is 10.9. The van der Waals surface area contributed by atoms with Gasteiger partial charge in [0.25, 0.3) is 0 Å². The molecule has 7 heteroatoms. The number of hydrogen-bond donors (Lipinski definition) is 1. The fraction of sp³-hybridized carbons (Fsp3) is 0.941. The summed E-state index contributed by atoms with van der Waals surface area (Å²) in [5.74, 6) is 0. The lowest BCUT2D eigenvalue weighted by Gasteiger charge is -2.42. The molecule has 1 N–H and O–H groups in total. The molecule has 1 unspecified atom stereocenters. The number of nitrogens with one attached hydrogen (secondary N) is 1. The van der Waals surface area contributed by atoms with Gasteiger partial charge in [-0.25, -0.2) is 13.7 Å². The van der Waals surface area contributed by atoms with Gasteiger partial charge in [-0.3, -0.25) is 0 Å². The number of carbonyl (C=O) groups is 1. The molecule has 0 bridgehead atoms. The Bertz CT molecular complexity index is 488. The Balaban J connectivity index is 1.96. The average molecular weight is 361 g/mol. The third kappa shape index (κ3) is 4.70. The lowest BCUT2D eigenvalue weighted by Crippen LogP contribution is -2.54. The van der Waals surface area contributed by atoms with Gasteiger partial charge in [-0.15, -0.1) is 0 Å².